The standard InChI is InChI=1S/C18H19ClN4O3/c1-10-4-5-11(2)23(10)22-18(25)13-7-6-12(17(26-3)16(13)19)14-8-9-15(24)21-20-14/h4-7H,8-9H2,1-3H3,(H,21,24)(H,22,25). The van der Waals surface area contributed by atoms with E-state index in [4.69, 9.17) is 16.3 Å². The average Bonchev–Trinajstić information content (AvgIpc) is 2.94. The molecule has 1 aromatic heterocycles. The van der Waals surface area contributed by atoms with Crippen molar-refractivity contribution in [1.82, 2.24) is 10.1 Å². The predicted octanol–water partition coefficient (Wildman–Crippen LogP) is 2.76. The Morgan fingerprint density at radius 3 is 2.50 bits per heavy atom. The van der Waals surface area contributed by atoms with Crippen LogP contribution in [0.4, 0.5) is 0 Å². The van der Waals surface area contributed by atoms with Crippen LogP contribution in [0.15, 0.2) is 29.4 Å². The summed E-state index contributed by atoms with van der Waals surface area (Å²) in [5, 5.41) is 4.26. The van der Waals surface area contributed by atoms with E-state index in [0.29, 0.717) is 35.4 Å². The number of hydrogen-bond acceptors (Lipinski definition) is 4. The summed E-state index contributed by atoms with van der Waals surface area (Å²) in [6.45, 7) is 3.79. The molecule has 0 unspecified atom stereocenters. The molecular weight excluding hydrogens is 356 g/mol. The van der Waals surface area contributed by atoms with E-state index in [2.05, 4.69) is 16.0 Å². The quantitative estimate of drug-likeness (QED) is 0.862. The second-order valence-electron chi connectivity index (χ2n) is 5.99. The first kappa shape index (κ1) is 18.0. The number of halogens is 1. The van der Waals surface area contributed by atoms with Gasteiger partial charge in [0.05, 0.1) is 23.4 Å². The van der Waals surface area contributed by atoms with Crippen molar-refractivity contribution >= 4 is 29.1 Å². The second kappa shape index (κ2) is 7.21. The van der Waals surface area contributed by atoms with Gasteiger partial charge in [-0.25, -0.2) is 5.43 Å². The van der Waals surface area contributed by atoms with Gasteiger partial charge in [0, 0.05) is 29.8 Å². The Morgan fingerprint density at radius 1 is 1.23 bits per heavy atom. The molecular formula is C18H19ClN4O3. The highest BCUT2D eigenvalue weighted by Crippen LogP contribution is 2.34. The van der Waals surface area contributed by atoms with Gasteiger partial charge in [0.15, 0.2) is 0 Å². The SMILES string of the molecule is COc1c(C2=NNC(=O)CC2)ccc(C(=O)Nn2c(C)ccc2C)c1Cl. The minimum absolute atomic E-state index is 0.132. The lowest BCUT2D eigenvalue weighted by Crippen LogP contribution is -2.27. The van der Waals surface area contributed by atoms with Crippen LogP contribution in [0.1, 0.15) is 40.2 Å². The fourth-order valence-electron chi connectivity index (χ4n) is 2.83. The van der Waals surface area contributed by atoms with Crippen molar-refractivity contribution in [2.45, 2.75) is 26.7 Å². The van der Waals surface area contributed by atoms with E-state index in [9.17, 15) is 9.59 Å². The normalized spacial score (nSPS) is 13.8. The lowest BCUT2D eigenvalue weighted by molar-refractivity contribution is -0.121. The molecule has 2 heterocycles. The van der Waals surface area contributed by atoms with Crippen molar-refractivity contribution < 1.29 is 14.3 Å². The molecule has 3 rings (SSSR count). The van der Waals surface area contributed by atoms with Crippen LogP contribution in [0.25, 0.3) is 0 Å². The lowest BCUT2D eigenvalue weighted by atomic mass is 10.0. The molecule has 0 spiro atoms. The molecule has 2 N–H and O–H groups in total. The highest BCUT2D eigenvalue weighted by atomic mass is 35.5. The van der Waals surface area contributed by atoms with E-state index in [0.717, 1.165) is 11.4 Å². The van der Waals surface area contributed by atoms with Crippen molar-refractivity contribution in [3.63, 3.8) is 0 Å². The zero-order valence-electron chi connectivity index (χ0n) is 14.7. The fraction of sp³-hybridized carbons (Fsp3) is 0.278. The van der Waals surface area contributed by atoms with Gasteiger partial charge in [0.25, 0.3) is 5.91 Å². The van der Waals surface area contributed by atoms with Crippen molar-refractivity contribution in [1.29, 1.82) is 0 Å². The molecule has 1 aromatic carbocycles. The van der Waals surface area contributed by atoms with Gasteiger partial charge in [-0.1, -0.05) is 11.6 Å². The fourth-order valence-corrected chi connectivity index (χ4v) is 3.16. The molecule has 0 fully saturated rings. The topological polar surface area (TPSA) is 84.7 Å². The van der Waals surface area contributed by atoms with Gasteiger partial charge < -0.3 is 4.74 Å². The maximum absolute atomic E-state index is 12.7. The second-order valence-corrected chi connectivity index (χ2v) is 6.37. The Labute approximate surface area is 155 Å². The first-order chi connectivity index (χ1) is 12.4. The van der Waals surface area contributed by atoms with Crippen molar-refractivity contribution in [2.75, 3.05) is 12.5 Å². The highest BCUT2D eigenvalue weighted by Gasteiger charge is 2.23. The summed E-state index contributed by atoms with van der Waals surface area (Å²) >= 11 is 6.44. The number of aryl methyl sites for hydroxylation is 2. The van der Waals surface area contributed by atoms with Gasteiger partial charge in [0.1, 0.15) is 5.75 Å². The van der Waals surface area contributed by atoms with Crippen molar-refractivity contribution in [2.24, 2.45) is 5.10 Å². The van der Waals surface area contributed by atoms with E-state index in [1.807, 2.05) is 26.0 Å². The van der Waals surface area contributed by atoms with E-state index >= 15 is 0 Å². The van der Waals surface area contributed by atoms with Gasteiger partial charge in [-0.05, 0) is 38.1 Å². The van der Waals surface area contributed by atoms with E-state index in [-0.39, 0.29) is 16.8 Å². The van der Waals surface area contributed by atoms with Crippen LogP contribution in [-0.2, 0) is 4.79 Å². The molecule has 1 aliphatic heterocycles. The Morgan fingerprint density at radius 2 is 1.92 bits per heavy atom. The molecule has 0 radical (unpaired) electrons. The smallest absolute Gasteiger partial charge is 0.271 e. The van der Waals surface area contributed by atoms with Crippen molar-refractivity contribution in [3.05, 3.63) is 51.8 Å². The molecule has 0 bridgehead atoms. The minimum Gasteiger partial charge on any atom is -0.494 e. The number of aromatic nitrogens is 1. The number of ether oxygens (including phenoxy) is 1. The minimum atomic E-state index is -0.346. The van der Waals surface area contributed by atoms with Gasteiger partial charge in [-0.2, -0.15) is 5.10 Å². The van der Waals surface area contributed by atoms with Gasteiger partial charge in [-0.3, -0.25) is 19.7 Å². The molecule has 2 aromatic rings. The molecule has 26 heavy (non-hydrogen) atoms. The van der Waals surface area contributed by atoms with Crippen molar-refractivity contribution in [3.8, 4) is 5.75 Å². The van der Waals surface area contributed by atoms with Crippen LogP contribution in [0, 0.1) is 13.8 Å². The zero-order valence-corrected chi connectivity index (χ0v) is 15.5. The molecule has 1 aliphatic rings. The number of hydrazone groups is 1. The molecule has 0 aliphatic carbocycles. The Hall–Kier alpha value is -2.80. The largest absolute Gasteiger partial charge is 0.494 e. The lowest BCUT2D eigenvalue weighted by Gasteiger charge is -2.18. The van der Waals surface area contributed by atoms with Crippen LogP contribution in [0.3, 0.4) is 0 Å². The van der Waals surface area contributed by atoms with Crippen LogP contribution < -0.4 is 15.6 Å². The van der Waals surface area contributed by atoms with Gasteiger partial charge in [-0.15, -0.1) is 0 Å². The summed E-state index contributed by atoms with van der Waals surface area (Å²) in [7, 11) is 1.48. The molecule has 0 saturated carbocycles. The summed E-state index contributed by atoms with van der Waals surface area (Å²) < 4.78 is 7.11. The highest BCUT2D eigenvalue weighted by molar-refractivity contribution is 6.36. The monoisotopic (exact) mass is 374 g/mol. The van der Waals surface area contributed by atoms with Gasteiger partial charge in [0.2, 0.25) is 5.91 Å². The number of nitrogens with one attached hydrogen (secondary N) is 2. The predicted molar refractivity (Wildman–Crippen MR) is 99.5 cm³/mol. The molecule has 0 atom stereocenters. The number of hydrogen-bond donors (Lipinski definition) is 2. The van der Waals surface area contributed by atoms with E-state index < -0.39 is 0 Å². The maximum atomic E-state index is 12.7. The number of carbonyl (C=O) groups is 2. The number of methoxy groups -OCH3 is 1. The molecule has 0 saturated heterocycles. The molecule has 7 nitrogen and oxygen atoms in total. The summed E-state index contributed by atoms with van der Waals surface area (Å²) in [6, 6.07) is 7.18. The first-order valence-electron chi connectivity index (χ1n) is 8.11. The van der Waals surface area contributed by atoms with E-state index in [1.165, 1.54) is 7.11 Å². The average molecular weight is 375 g/mol. The number of rotatable bonds is 4. The first-order valence-corrected chi connectivity index (χ1v) is 8.48. The van der Waals surface area contributed by atoms with Crippen LogP contribution in [0.5, 0.6) is 5.75 Å². The number of carbonyl (C=O) groups excluding carboxylic acids is 2. The molecule has 136 valence electrons. The van der Waals surface area contributed by atoms with E-state index in [1.54, 1.807) is 16.8 Å². The van der Waals surface area contributed by atoms with Crippen LogP contribution in [-0.4, -0.2) is 29.3 Å². The Kier molecular flexibility index (Phi) is 4.99. The number of nitrogens with zero attached hydrogens (tertiary/aromatic N) is 2. The van der Waals surface area contributed by atoms with Gasteiger partial charge >= 0.3 is 0 Å². The maximum Gasteiger partial charge on any atom is 0.271 e. The van der Waals surface area contributed by atoms with Crippen LogP contribution in [0.2, 0.25) is 5.02 Å². The van der Waals surface area contributed by atoms with Crippen LogP contribution >= 0.6 is 11.6 Å². The third-order valence-corrected chi connectivity index (χ3v) is 4.62. The number of benzene rings is 1. The third-order valence-electron chi connectivity index (χ3n) is 4.25. The summed E-state index contributed by atoms with van der Waals surface area (Å²) in [5.74, 6) is -0.122. The summed E-state index contributed by atoms with van der Waals surface area (Å²) in [5.41, 5.74) is 8.69. The molecule has 8 heteroatoms. The third kappa shape index (κ3) is 3.30. The summed E-state index contributed by atoms with van der Waals surface area (Å²) in [4.78, 5) is 24.0. The summed E-state index contributed by atoms with van der Waals surface area (Å²) in [6.07, 6.45) is 0.819. The zero-order chi connectivity index (χ0) is 18.8. The molecule has 2 amide bonds. The number of amides is 2. The Balaban J connectivity index is 1.94. The Bertz CT molecular complexity index is 898.